The summed E-state index contributed by atoms with van der Waals surface area (Å²) in [6.07, 6.45) is 0.109. The van der Waals surface area contributed by atoms with Gasteiger partial charge in [0.1, 0.15) is 0 Å². The highest BCUT2D eigenvalue weighted by molar-refractivity contribution is 7.98. The summed E-state index contributed by atoms with van der Waals surface area (Å²) in [7, 11) is 0. The Kier molecular flexibility index (Phi) is 5.82. The highest BCUT2D eigenvalue weighted by Gasteiger charge is 2.22. The number of benzene rings is 2. The highest BCUT2D eigenvalue weighted by atomic mass is 35.5. The minimum absolute atomic E-state index is 0.0852. The third-order valence-corrected chi connectivity index (χ3v) is 5.28. The first-order valence-corrected chi connectivity index (χ1v) is 9.36. The van der Waals surface area contributed by atoms with Crippen molar-refractivity contribution < 1.29 is 9.53 Å². The minimum atomic E-state index is 0.0852. The van der Waals surface area contributed by atoms with Gasteiger partial charge < -0.3 is 9.64 Å². The lowest BCUT2D eigenvalue weighted by Crippen LogP contribution is -2.44. The molecule has 0 spiro atoms. The van der Waals surface area contributed by atoms with Crippen molar-refractivity contribution in [1.29, 1.82) is 0 Å². The number of hydrogen-bond acceptors (Lipinski definition) is 3. The van der Waals surface area contributed by atoms with E-state index >= 15 is 0 Å². The molecule has 126 valence electrons. The van der Waals surface area contributed by atoms with Crippen LogP contribution in [0.5, 0.6) is 0 Å². The van der Waals surface area contributed by atoms with Gasteiger partial charge in [-0.2, -0.15) is 0 Å². The molecule has 5 heteroatoms. The molecule has 0 unspecified atom stereocenters. The van der Waals surface area contributed by atoms with E-state index in [9.17, 15) is 4.79 Å². The first kappa shape index (κ1) is 17.3. The monoisotopic (exact) mass is 361 g/mol. The molecule has 1 saturated heterocycles. The maximum atomic E-state index is 12.5. The van der Waals surface area contributed by atoms with E-state index < -0.39 is 0 Å². The molecule has 1 fully saturated rings. The largest absolute Gasteiger partial charge is 0.375 e. The zero-order valence-electron chi connectivity index (χ0n) is 13.6. The number of carbonyl (C=O) groups is 1. The average Bonchev–Trinajstić information content (AvgIpc) is 2.61. The minimum Gasteiger partial charge on any atom is -0.375 e. The van der Waals surface area contributed by atoms with Crippen LogP contribution in [0.2, 0.25) is 5.02 Å². The summed E-state index contributed by atoms with van der Waals surface area (Å²) in [5, 5.41) is 0.750. The summed E-state index contributed by atoms with van der Waals surface area (Å²) in [6.45, 7) is 3.93. The standard InChI is InChI=1S/C19H20ClNO2S/c1-14-12-21(10-11-23-14)19(22)16-4-2-15(3-5-16)13-24-18-8-6-17(20)7-9-18/h2-9,14H,10-13H2,1H3/t14-/m1/s1. The Balaban J connectivity index is 1.58. The van der Waals surface area contributed by atoms with Crippen LogP contribution in [0.25, 0.3) is 0 Å². The summed E-state index contributed by atoms with van der Waals surface area (Å²) < 4.78 is 5.49. The van der Waals surface area contributed by atoms with Gasteiger partial charge in [0, 0.05) is 34.3 Å². The molecular formula is C19H20ClNO2S. The molecule has 0 aromatic heterocycles. The maximum Gasteiger partial charge on any atom is 0.254 e. The molecule has 1 amide bonds. The third-order valence-electron chi connectivity index (χ3n) is 3.95. The second kappa shape index (κ2) is 8.06. The van der Waals surface area contributed by atoms with Crippen molar-refractivity contribution in [2.75, 3.05) is 19.7 Å². The van der Waals surface area contributed by atoms with Crippen molar-refractivity contribution in [3.63, 3.8) is 0 Å². The number of morpholine rings is 1. The number of halogens is 1. The predicted molar refractivity (Wildman–Crippen MR) is 98.8 cm³/mol. The van der Waals surface area contributed by atoms with Crippen LogP contribution >= 0.6 is 23.4 Å². The molecule has 0 N–H and O–H groups in total. The predicted octanol–water partition coefficient (Wildman–Crippen LogP) is 4.49. The second-order valence-electron chi connectivity index (χ2n) is 5.87. The lowest BCUT2D eigenvalue weighted by molar-refractivity contribution is -0.0124. The van der Waals surface area contributed by atoms with Gasteiger partial charge in [0.2, 0.25) is 0 Å². The third kappa shape index (κ3) is 4.53. The van der Waals surface area contributed by atoms with E-state index in [1.165, 1.54) is 10.5 Å². The molecule has 24 heavy (non-hydrogen) atoms. The molecule has 3 nitrogen and oxygen atoms in total. The van der Waals surface area contributed by atoms with Crippen LogP contribution in [0.3, 0.4) is 0 Å². The molecule has 1 aliphatic heterocycles. The number of carbonyl (C=O) groups excluding carboxylic acids is 1. The van der Waals surface area contributed by atoms with Gasteiger partial charge in [-0.25, -0.2) is 0 Å². The van der Waals surface area contributed by atoms with Crippen molar-refractivity contribution in [2.45, 2.75) is 23.7 Å². The lowest BCUT2D eigenvalue weighted by atomic mass is 10.1. The zero-order chi connectivity index (χ0) is 16.9. The Morgan fingerprint density at radius 3 is 2.58 bits per heavy atom. The molecule has 2 aromatic carbocycles. The second-order valence-corrected chi connectivity index (χ2v) is 7.36. The topological polar surface area (TPSA) is 29.5 Å². The molecule has 1 heterocycles. The SMILES string of the molecule is C[C@@H]1CN(C(=O)c2ccc(CSc3ccc(Cl)cc3)cc2)CCO1. The molecule has 0 radical (unpaired) electrons. The van der Waals surface area contributed by atoms with Crippen LogP contribution in [0.15, 0.2) is 53.4 Å². The number of ether oxygens (including phenoxy) is 1. The van der Waals surface area contributed by atoms with Crippen LogP contribution in [-0.4, -0.2) is 36.6 Å². The van der Waals surface area contributed by atoms with Gasteiger partial charge in [-0.3, -0.25) is 4.79 Å². The van der Waals surface area contributed by atoms with Gasteiger partial charge in [0.15, 0.2) is 0 Å². The van der Waals surface area contributed by atoms with Crippen LogP contribution < -0.4 is 0 Å². The Labute approximate surface area is 151 Å². The van der Waals surface area contributed by atoms with Crippen molar-refractivity contribution in [1.82, 2.24) is 4.90 Å². The van der Waals surface area contributed by atoms with E-state index in [-0.39, 0.29) is 12.0 Å². The van der Waals surface area contributed by atoms with Gasteiger partial charge in [-0.15, -0.1) is 11.8 Å². The first-order valence-electron chi connectivity index (χ1n) is 8.00. The van der Waals surface area contributed by atoms with Crippen molar-refractivity contribution in [3.8, 4) is 0 Å². The van der Waals surface area contributed by atoms with E-state index in [0.717, 1.165) is 16.3 Å². The fourth-order valence-electron chi connectivity index (χ4n) is 2.63. The summed E-state index contributed by atoms with van der Waals surface area (Å²) >= 11 is 7.65. The first-order chi connectivity index (χ1) is 11.6. The Bertz CT molecular complexity index is 688. The number of hydrogen-bond donors (Lipinski definition) is 0. The van der Waals surface area contributed by atoms with E-state index in [1.807, 2.05) is 60.4 Å². The number of thioether (sulfide) groups is 1. The molecular weight excluding hydrogens is 342 g/mol. The van der Waals surface area contributed by atoms with Crippen LogP contribution in [-0.2, 0) is 10.5 Å². The molecule has 2 aromatic rings. The summed E-state index contributed by atoms with van der Waals surface area (Å²) in [5.74, 6) is 0.951. The van der Waals surface area contributed by atoms with Crippen LogP contribution in [0.4, 0.5) is 0 Å². The van der Waals surface area contributed by atoms with Crippen LogP contribution in [0.1, 0.15) is 22.8 Å². The summed E-state index contributed by atoms with van der Waals surface area (Å²) in [6, 6.07) is 15.7. The van der Waals surface area contributed by atoms with Crippen molar-refractivity contribution >= 4 is 29.3 Å². The number of amides is 1. The zero-order valence-corrected chi connectivity index (χ0v) is 15.1. The van der Waals surface area contributed by atoms with Gasteiger partial charge >= 0.3 is 0 Å². The van der Waals surface area contributed by atoms with E-state index in [0.29, 0.717) is 19.7 Å². The van der Waals surface area contributed by atoms with Gasteiger partial charge in [-0.1, -0.05) is 23.7 Å². The molecule has 0 aliphatic carbocycles. The van der Waals surface area contributed by atoms with E-state index in [1.54, 1.807) is 11.8 Å². The number of nitrogens with zero attached hydrogens (tertiary/aromatic N) is 1. The van der Waals surface area contributed by atoms with Crippen molar-refractivity contribution in [3.05, 3.63) is 64.7 Å². The number of rotatable bonds is 4. The molecule has 1 atom stereocenters. The van der Waals surface area contributed by atoms with E-state index in [2.05, 4.69) is 0 Å². The summed E-state index contributed by atoms with van der Waals surface area (Å²) in [4.78, 5) is 15.6. The summed E-state index contributed by atoms with van der Waals surface area (Å²) in [5.41, 5.74) is 1.94. The fourth-order valence-corrected chi connectivity index (χ4v) is 3.61. The Hall–Kier alpha value is -1.49. The van der Waals surface area contributed by atoms with Gasteiger partial charge in [-0.05, 0) is 48.9 Å². The molecule has 0 saturated carbocycles. The van der Waals surface area contributed by atoms with E-state index in [4.69, 9.17) is 16.3 Å². The highest BCUT2D eigenvalue weighted by Crippen LogP contribution is 2.24. The smallest absolute Gasteiger partial charge is 0.254 e. The van der Waals surface area contributed by atoms with Gasteiger partial charge in [0.25, 0.3) is 5.91 Å². The molecule has 3 rings (SSSR count). The average molecular weight is 362 g/mol. The molecule has 1 aliphatic rings. The Morgan fingerprint density at radius 2 is 1.92 bits per heavy atom. The Morgan fingerprint density at radius 1 is 1.21 bits per heavy atom. The fraction of sp³-hybridized carbons (Fsp3) is 0.316. The van der Waals surface area contributed by atoms with Gasteiger partial charge in [0.05, 0.1) is 12.7 Å². The molecule has 0 bridgehead atoms. The maximum absolute atomic E-state index is 12.5. The van der Waals surface area contributed by atoms with Crippen molar-refractivity contribution in [2.24, 2.45) is 0 Å². The quantitative estimate of drug-likeness (QED) is 0.751. The lowest BCUT2D eigenvalue weighted by Gasteiger charge is -2.31. The normalized spacial score (nSPS) is 17.8. The van der Waals surface area contributed by atoms with Crippen LogP contribution in [0, 0.1) is 0 Å².